The fourth-order valence-electron chi connectivity index (χ4n) is 0.865. The molecule has 0 aromatic carbocycles. The van der Waals surface area contributed by atoms with E-state index in [2.05, 4.69) is 53.1 Å². The highest BCUT2D eigenvalue weighted by atomic mass is 15.1. The van der Waals surface area contributed by atoms with Crippen LogP contribution < -0.4 is 0 Å². The van der Waals surface area contributed by atoms with Crippen LogP contribution in [0.4, 0.5) is 0 Å². The van der Waals surface area contributed by atoms with E-state index in [1.54, 1.807) is 0 Å². The lowest BCUT2D eigenvalue weighted by Gasteiger charge is -2.27. The molecule has 0 aliphatic heterocycles. The molecule has 0 fully saturated rings. The van der Waals surface area contributed by atoms with Gasteiger partial charge in [0, 0.05) is 18.8 Å². The lowest BCUT2D eigenvalue weighted by molar-refractivity contribution is 0.351. The number of hydrogen-bond acceptors (Lipinski definition) is 1. The second-order valence-corrected chi connectivity index (χ2v) is 3.78. The maximum Gasteiger partial charge on any atom is 0.0321 e. The van der Waals surface area contributed by atoms with Crippen molar-refractivity contribution in [2.24, 2.45) is 0 Å². The van der Waals surface area contributed by atoms with Gasteiger partial charge >= 0.3 is 0 Å². The topological polar surface area (TPSA) is 3.24 Å². The second kappa shape index (κ2) is 4.34. The number of allylic oxidation sites excluding steroid dienone is 2. The first kappa shape index (κ1) is 11.3. The molecule has 0 N–H and O–H groups in total. The van der Waals surface area contributed by atoms with Crippen LogP contribution >= 0.6 is 0 Å². The van der Waals surface area contributed by atoms with Crippen LogP contribution in [-0.2, 0) is 0 Å². The Morgan fingerprint density at radius 3 is 1.83 bits per heavy atom. The molecule has 0 aromatic rings. The Labute approximate surface area is 76.8 Å². The first-order valence-electron chi connectivity index (χ1n) is 4.44. The summed E-state index contributed by atoms with van der Waals surface area (Å²) in [4.78, 5) is 2.20. The van der Waals surface area contributed by atoms with E-state index in [1.165, 1.54) is 11.1 Å². The van der Waals surface area contributed by atoms with Crippen molar-refractivity contribution in [3.05, 3.63) is 23.4 Å². The van der Waals surface area contributed by atoms with Gasteiger partial charge in [-0.25, -0.2) is 0 Å². The maximum atomic E-state index is 4.07. The number of likely N-dealkylation sites (N-methyl/N-ethyl adjacent to an activating group) is 1. The second-order valence-electron chi connectivity index (χ2n) is 3.78. The first-order chi connectivity index (χ1) is 5.37. The molecule has 0 spiro atoms. The quantitative estimate of drug-likeness (QED) is 0.583. The molecule has 0 saturated carbocycles. The zero-order chi connectivity index (χ0) is 9.89. The zero-order valence-electron chi connectivity index (χ0n) is 9.23. The molecule has 0 unspecified atom stereocenters. The van der Waals surface area contributed by atoms with E-state index in [-0.39, 0.29) is 0 Å². The van der Waals surface area contributed by atoms with Crippen LogP contribution in [0.2, 0.25) is 0 Å². The van der Waals surface area contributed by atoms with Crippen molar-refractivity contribution >= 4 is 0 Å². The van der Waals surface area contributed by atoms with E-state index in [0.29, 0.717) is 6.04 Å². The Hall–Kier alpha value is -0.720. The van der Waals surface area contributed by atoms with Gasteiger partial charge in [0.05, 0.1) is 0 Å². The van der Waals surface area contributed by atoms with E-state index in [4.69, 9.17) is 0 Å². The van der Waals surface area contributed by atoms with Crippen molar-refractivity contribution < 1.29 is 0 Å². The maximum absolute atomic E-state index is 4.07. The average molecular weight is 167 g/mol. The Balaban J connectivity index is 4.52. The molecule has 0 aromatic heterocycles. The molecule has 70 valence electrons. The zero-order valence-corrected chi connectivity index (χ0v) is 9.23. The summed E-state index contributed by atoms with van der Waals surface area (Å²) in [6, 6.07) is 0.520. The van der Waals surface area contributed by atoms with E-state index < -0.39 is 0 Å². The van der Waals surface area contributed by atoms with Gasteiger partial charge in [0.1, 0.15) is 0 Å². The van der Waals surface area contributed by atoms with E-state index >= 15 is 0 Å². The molecule has 0 heterocycles. The van der Waals surface area contributed by atoms with Gasteiger partial charge < -0.3 is 4.90 Å². The highest BCUT2D eigenvalue weighted by Gasteiger charge is 2.07. The predicted molar refractivity (Wildman–Crippen MR) is 56.1 cm³/mol. The Kier molecular flexibility index (Phi) is 4.08. The highest BCUT2D eigenvalue weighted by molar-refractivity contribution is 5.28. The van der Waals surface area contributed by atoms with Crippen molar-refractivity contribution in [3.63, 3.8) is 0 Å². The summed E-state index contributed by atoms with van der Waals surface area (Å²) in [6.45, 7) is 14.8. The molecule has 0 radical (unpaired) electrons. The molecule has 0 atom stereocenters. The van der Waals surface area contributed by atoms with Gasteiger partial charge in [0.15, 0.2) is 0 Å². The van der Waals surface area contributed by atoms with Crippen LogP contribution in [0, 0.1) is 0 Å². The normalized spacial score (nSPS) is 9.92. The molecule has 1 nitrogen and oxygen atoms in total. The fraction of sp³-hybridized carbons (Fsp3) is 0.636. The lowest BCUT2D eigenvalue weighted by atomic mass is 10.1. The van der Waals surface area contributed by atoms with E-state index in [1.807, 2.05) is 0 Å². The Morgan fingerprint density at radius 2 is 1.58 bits per heavy atom. The monoisotopic (exact) mass is 167 g/mol. The Bertz CT molecular complexity index is 195. The third kappa shape index (κ3) is 2.72. The standard InChI is InChI=1S/C11H21N/c1-8(2)10(5)11(6)12(7)9(3)4/h9H,6H2,1-5,7H3. The van der Waals surface area contributed by atoms with Crippen LogP contribution in [-0.4, -0.2) is 18.0 Å². The van der Waals surface area contributed by atoms with Gasteiger partial charge in [-0.2, -0.15) is 0 Å². The van der Waals surface area contributed by atoms with Gasteiger partial charge in [-0.3, -0.25) is 0 Å². The molecule has 12 heavy (non-hydrogen) atoms. The van der Waals surface area contributed by atoms with E-state index in [9.17, 15) is 0 Å². The van der Waals surface area contributed by atoms with Crippen molar-refractivity contribution in [1.82, 2.24) is 4.90 Å². The molecular formula is C11H21N. The van der Waals surface area contributed by atoms with Crippen molar-refractivity contribution in [1.29, 1.82) is 0 Å². The minimum absolute atomic E-state index is 0.520. The van der Waals surface area contributed by atoms with E-state index in [0.717, 1.165) is 5.70 Å². The minimum atomic E-state index is 0.520. The number of nitrogens with zero attached hydrogens (tertiary/aromatic N) is 1. The SMILES string of the molecule is C=C(C(C)=C(C)C)N(C)C(C)C. The van der Waals surface area contributed by atoms with Crippen LogP contribution in [0.15, 0.2) is 23.4 Å². The van der Waals surface area contributed by atoms with Crippen LogP contribution in [0.25, 0.3) is 0 Å². The summed E-state index contributed by atoms with van der Waals surface area (Å²) in [5.74, 6) is 0. The summed E-state index contributed by atoms with van der Waals surface area (Å²) >= 11 is 0. The molecule has 0 rings (SSSR count). The summed E-state index contributed by atoms with van der Waals surface area (Å²) in [5, 5.41) is 0. The molecule has 0 amide bonds. The van der Waals surface area contributed by atoms with Gasteiger partial charge in [-0.1, -0.05) is 12.2 Å². The van der Waals surface area contributed by atoms with Crippen LogP contribution in [0.3, 0.4) is 0 Å². The molecule has 0 aliphatic rings. The molecule has 1 heteroatoms. The first-order valence-corrected chi connectivity index (χ1v) is 4.44. The smallest absolute Gasteiger partial charge is 0.0321 e. The summed E-state index contributed by atoms with van der Waals surface area (Å²) < 4.78 is 0. The van der Waals surface area contributed by atoms with Crippen LogP contribution in [0.5, 0.6) is 0 Å². The largest absolute Gasteiger partial charge is 0.372 e. The third-order valence-electron chi connectivity index (χ3n) is 2.38. The lowest BCUT2D eigenvalue weighted by Crippen LogP contribution is -2.25. The van der Waals surface area contributed by atoms with Gasteiger partial charge in [0.25, 0.3) is 0 Å². The Morgan fingerprint density at radius 1 is 1.17 bits per heavy atom. The molecular weight excluding hydrogens is 146 g/mol. The third-order valence-corrected chi connectivity index (χ3v) is 2.38. The van der Waals surface area contributed by atoms with Gasteiger partial charge in [-0.15, -0.1) is 0 Å². The predicted octanol–water partition coefficient (Wildman–Crippen LogP) is 3.20. The summed E-state index contributed by atoms with van der Waals surface area (Å²) in [5.41, 5.74) is 3.77. The summed E-state index contributed by atoms with van der Waals surface area (Å²) in [7, 11) is 2.08. The van der Waals surface area contributed by atoms with Crippen LogP contribution in [0.1, 0.15) is 34.6 Å². The van der Waals surface area contributed by atoms with Gasteiger partial charge in [0.2, 0.25) is 0 Å². The number of hydrogen-bond donors (Lipinski definition) is 0. The molecule has 0 bridgehead atoms. The minimum Gasteiger partial charge on any atom is -0.372 e. The molecule has 0 saturated heterocycles. The van der Waals surface area contributed by atoms with Crippen molar-refractivity contribution in [2.75, 3.05) is 7.05 Å². The van der Waals surface area contributed by atoms with Crippen molar-refractivity contribution in [3.8, 4) is 0 Å². The average Bonchev–Trinajstić information content (AvgIpc) is 2.00. The number of rotatable bonds is 3. The highest BCUT2D eigenvalue weighted by Crippen LogP contribution is 2.16. The molecule has 0 aliphatic carbocycles. The van der Waals surface area contributed by atoms with Crippen molar-refractivity contribution in [2.45, 2.75) is 40.7 Å². The fourth-order valence-corrected chi connectivity index (χ4v) is 0.865. The summed E-state index contributed by atoms with van der Waals surface area (Å²) in [6.07, 6.45) is 0. The van der Waals surface area contributed by atoms with Gasteiger partial charge in [-0.05, 0) is 40.2 Å².